The van der Waals surface area contributed by atoms with Crippen LogP contribution in [0.5, 0.6) is 0 Å². The molecule has 3 heterocycles. The Kier molecular flexibility index (Phi) is 2.58. The average Bonchev–Trinajstić information content (AvgIpc) is 3.15. The first-order chi connectivity index (χ1) is 10.2. The number of amides is 2. The molecule has 21 heavy (non-hydrogen) atoms. The van der Waals surface area contributed by atoms with Crippen molar-refractivity contribution in [3.8, 4) is 0 Å². The van der Waals surface area contributed by atoms with Crippen LogP contribution in [0.25, 0.3) is 0 Å². The third-order valence-electron chi connectivity index (χ3n) is 4.68. The molecule has 0 saturated carbocycles. The molecular weight excluding hydrogens is 270 g/mol. The molecule has 2 saturated heterocycles. The summed E-state index contributed by atoms with van der Waals surface area (Å²) in [6.45, 7) is -0.000894. The van der Waals surface area contributed by atoms with Gasteiger partial charge in [0.15, 0.2) is 0 Å². The first-order valence-corrected chi connectivity index (χ1v) is 7.03. The normalized spacial score (nSPS) is 36.6. The van der Waals surface area contributed by atoms with Crippen LogP contribution in [0.4, 0.5) is 0 Å². The van der Waals surface area contributed by atoms with Gasteiger partial charge in [0.05, 0.1) is 31.1 Å². The minimum absolute atomic E-state index is 0.196. The standard InChI is InChI=1S/C16H15NO4/c18-9-16-7-6-11(21-16)12-13(16)15(20)17(14(12)19)8-10-4-2-1-3-5-10/h1-7,11-13,18H,8-9H2/t11-,12+,13-,16+/m1/s1. The smallest absolute Gasteiger partial charge is 0.236 e. The highest BCUT2D eigenvalue weighted by Gasteiger charge is 2.67. The highest BCUT2D eigenvalue weighted by atomic mass is 16.5. The van der Waals surface area contributed by atoms with Gasteiger partial charge in [0, 0.05) is 0 Å². The summed E-state index contributed by atoms with van der Waals surface area (Å²) in [6.07, 6.45) is 3.13. The Morgan fingerprint density at radius 3 is 2.67 bits per heavy atom. The topological polar surface area (TPSA) is 66.8 Å². The third-order valence-corrected chi connectivity index (χ3v) is 4.68. The molecule has 0 radical (unpaired) electrons. The molecule has 0 spiro atoms. The van der Waals surface area contributed by atoms with Crippen molar-refractivity contribution in [2.24, 2.45) is 11.8 Å². The number of imide groups is 1. The monoisotopic (exact) mass is 285 g/mol. The van der Waals surface area contributed by atoms with Gasteiger partial charge in [-0.2, -0.15) is 0 Å². The number of likely N-dealkylation sites (tertiary alicyclic amines) is 1. The van der Waals surface area contributed by atoms with E-state index >= 15 is 0 Å². The lowest BCUT2D eigenvalue weighted by atomic mass is 9.77. The van der Waals surface area contributed by atoms with Crippen molar-refractivity contribution in [1.82, 2.24) is 4.90 Å². The zero-order valence-corrected chi connectivity index (χ0v) is 11.3. The Bertz CT molecular complexity index is 641. The molecular formula is C16H15NO4. The molecule has 2 fully saturated rings. The Labute approximate surface area is 121 Å². The molecule has 3 aliphatic heterocycles. The maximum Gasteiger partial charge on any atom is 0.236 e. The van der Waals surface area contributed by atoms with E-state index in [9.17, 15) is 14.7 Å². The fraction of sp³-hybridized carbons (Fsp3) is 0.375. The number of benzene rings is 1. The summed E-state index contributed by atoms with van der Waals surface area (Å²) >= 11 is 0. The number of hydrogen-bond donors (Lipinski definition) is 1. The number of fused-ring (bicyclic) bond motifs is 5. The highest BCUT2D eigenvalue weighted by molar-refractivity contribution is 6.07. The number of ether oxygens (including phenoxy) is 1. The molecule has 1 N–H and O–H groups in total. The molecule has 2 bridgehead atoms. The van der Waals surface area contributed by atoms with Gasteiger partial charge >= 0.3 is 0 Å². The van der Waals surface area contributed by atoms with Crippen molar-refractivity contribution in [3.05, 3.63) is 48.0 Å². The van der Waals surface area contributed by atoms with Crippen molar-refractivity contribution >= 4 is 11.8 Å². The fourth-order valence-electron chi connectivity index (χ4n) is 3.67. The van der Waals surface area contributed by atoms with Crippen LogP contribution in [0, 0.1) is 11.8 Å². The van der Waals surface area contributed by atoms with Gasteiger partial charge in [0.25, 0.3) is 0 Å². The van der Waals surface area contributed by atoms with Gasteiger partial charge in [0.1, 0.15) is 5.60 Å². The lowest BCUT2D eigenvalue weighted by molar-refractivity contribution is -0.146. The molecule has 1 aromatic carbocycles. The van der Waals surface area contributed by atoms with Gasteiger partial charge in [-0.25, -0.2) is 0 Å². The second-order valence-corrected chi connectivity index (χ2v) is 5.81. The summed E-state index contributed by atoms with van der Waals surface area (Å²) in [5.74, 6) is -1.51. The van der Waals surface area contributed by atoms with Crippen LogP contribution in [-0.4, -0.2) is 40.1 Å². The van der Waals surface area contributed by atoms with E-state index in [2.05, 4.69) is 0 Å². The Balaban J connectivity index is 1.66. The Morgan fingerprint density at radius 2 is 1.95 bits per heavy atom. The van der Waals surface area contributed by atoms with Gasteiger partial charge in [-0.15, -0.1) is 0 Å². The number of aliphatic hydroxyl groups excluding tert-OH is 1. The summed E-state index contributed by atoms with van der Waals surface area (Å²) in [5, 5.41) is 9.61. The van der Waals surface area contributed by atoms with E-state index in [1.165, 1.54) is 4.90 Å². The second kappa shape index (κ2) is 4.26. The molecule has 2 amide bonds. The maximum absolute atomic E-state index is 12.6. The zero-order chi connectivity index (χ0) is 14.6. The van der Waals surface area contributed by atoms with E-state index in [0.717, 1.165) is 5.56 Å². The second-order valence-electron chi connectivity index (χ2n) is 5.81. The lowest BCUT2D eigenvalue weighted by Gasteiger charge is -2.26. The Hall–Kier alpha value is -1.98. The van der Waals surface area contributed by atoms with E-state index in [4.69, 9.17) is 4.74 Å². The fourth-order valence-corrected chi connectivity index (χ4v) is 3.67. The predicted octanol–water partition coefficient (Wildman–Crippen LogP) is 0.487. The minimum atomic E-state index is -1.01. The first kappa shape index (κ1) is 12.7. The Morgan fingerprint density at radius 1 is 1.19 bits per heavy atom. The van der Waals surface area contributed by atoms with Crippen LogP contribution in [0.3, 0.4) is 0 Å². The maximum atomic E-state index is 12.6. The van der Waals surface area contributed by atoms with Gasteiger partial charge in [-0.3, -0.25) is 14.5 Å². The quantitative estimate of drug-likeness (QED) is 0.648. The molecule has 4 rings (SSSR count). The molecule has 5 nitrogen and oxygen atoms in total. The average molecular weight is 285 g/mol. The van der Waals surface area contributed by atoms with Crippen molar-refractivity contribution in [1.29, 1.82) is 0 Å². The molecule has 0 aliphatic carbocycles. The third kappa shape index (κ3) is 1.58. The molecule has 4 atom stereocenters. The zero-order valence-electron chi connectivity index (χ0n) is 11.3. The summed E-state index contributed by atoms with van der Waals surface area (Å²) < 4.78 is 5.69. The number of rotatable bonds is 3. The molecule has 108 valence electrons. The SMILES string of the molecule is O=C1[C@H]2[C@H]3C=C[C@@](CO)(O3)[C@H]2C(=O)N1Cc1ccccc1. The van der Waals surface area contributed by atoms with Crippen LogP contribution in [0.2, 0.25) is 0 Å². The van der Waals surface area contributed by atoms with E-state index in [1.54, 1.807) is 12.2 Å². The minimum Gasteiger partial charge on any atom is -0.393 e. The number of carbonyl (C=O) groups excluding carboxylic acids is 2. The van der Waals surface area contributed by atoms with Crippen LogP contribution in [0.1, 0.15) is 5.56 Å². The largest absolute Gasteiger partial charge is 0.393 e. The van der Waals surface area contributed by atoms with E-state index < -0.39 is 17.4 Å². The van der Waals surface area contributed by atoms with Crippen molar-refractivity contribution in [2.75, 3.05) is 6.61 Å². The number of hydrogen-bond acceptors (Lipinski definition) is 4. The van der Waals surface area contributed by atoms with Gasteiger partial charge in [0.2, 0.25) is 11.8 Å². The van der Waals surface area contributed by atoms with Crippen molar-refractivity contribution in [2.45, 2.75) is 18.2 Å². The van der Waals surface area contributed by atoms with Gasteiger partial charge in [-0.05, 0) is 5.56 Å². The van der Waals surface area contributed by atoms with Crippen LogP contribution in [-0.2, 0) is 20.9 Å². The number of carbonyl (C=O) groups is 2. The molecule has 0 unspecified atom stereocenters. The lowest BCUT2D eigenvalue weighted by Crippen LogP contribution is -2.43. The first-order valence-electron chi connectivity index (χ1n) is 7.03. The van der Waals surface area contributed by atoms with Crippen LogP contribution >= 0.6 is 0 Å². The molecule has 3 aliphatic rings. The summed E-state index contributed by atoms with van der Waals surface area (Å²) in [6, 6.07) is 9.43. The van der Waals surface area contributed by atoms with Crippen molar-refractivity contribution in [3.63, 3.8) is 0 Å². The molecule has 1 aromatic rings. The summed E-state index contributed by atoms with van der Waals surface area (Å²) in [5.41, 5.74) is -0.0912. The summed E-state index contributed by atoms with van der Waals surface area (Å²) in [4.78, 5) is 26.5. The van der Waals surface area contributed by atoms with Gasteiger partial charge in [-0.1, -0.05) is 42.5 Å². The summed E-state index contributed by atoms with van der Waals surface area (Å²) in [7, 11) is 0. The van der Waals surface area contributed by atoms with Crippen LogP contribution < -0.4 is 0 Å². The van der Waals surface area contributed by atoms with E-state index in [0.29, 0.717) is 0 Å². The highest BCUT2D eigenvalue weighted by Crippen LogP contribution is 2.51. The number of nitrogens with zero attached hydrogens (tertiary/aromatic N) is 1. The van der Waals surface area contributed by atoms with Gasteiger partial charge < -0.3 is 9.84 Å². The molecule has 0 aromatic heterocycles. The predicted molar refractivity (Wildman–Crippen MR) is 72.8 cm³/mol. The molecule has 5 heteroatoms. The van der Waals surface area contributed by atoms with Crippen LogP contribution in [0.15, 0.2) is 42.5 Å². The number of aliphatic hydroxyl groups is 1. The van der Waals surface area contributed by atoms with E-state index in [-0.39, 0.29) is 31.1 Å². The van der Waals surface area contributed by atoms with E-state index in [1.807, 2.05) is 30.3 Å². The van der Waals surface area contributed by atoms with Crippen molar-refractivity contribution < 1.29 is 19.4 Å².